The zero-order chi connectivity index (χ0) is 22.3. The standard InChI is InChI=1S/C19H20FN5O4S2/c1-25-14(5-6-22-25)11-7-15-13(8-12(11)20)24-19(30-15)17(31(2,28)29)18(27)21-9-16(26)23-10-3-4-10/h5-8,10,17H,3-4,9H2,1-2H3,(H,21,27)(H,23,26). The van der Waals surface area contributed by atoms with Crippen molar-refractivity contribution in [3.05, 3.63) is 35.2 Å². The summed E-state index contributed by atoms with van der Waals surface area (Å²) >= 11 is 0.993. The lowest BCUT2D eigenvalue weighted by molar-refractivity contribution is -0.126. The van der Waals surface area contributed by atoms with E-state index >= 15 is 0 Å². The molecule has 9 nitrogen and oxygen atoms in total. The first kappa shape index (κ1) is 21.4. The molecule has 1 aromatic carbocycles. The first-order chi connectivity index (χ1) is 14.6. The Balaban J connectivity index is 1.63. The Kier molecular flexibility index (Phi) is 5.52. The summed E-state index contributed by atoms with van der Waals surface area (Å²) in [6, 6.07) is 4.55. The Hall–Kier alpha value is -2.86. The second-order valence-electron chi connectivity index (χ2n) is 7.46. The zero-order valence-electron chi connectivity index (χ0n) is 16.8. The van der Waals surface area contributed by atoms with Crippen molar-refractivity contribution < 1.29 is 22.4 Å². The van der Waals surface area contributed by atoms with Crippen LogP contribution in [0.15, 0.2) is 24.4 Å². The molecule has 1 fully saturated rings. The van der Waals surface area contributed by atoms with Crippen molar-refractivity contribution >= 4 is 43.2 Å². The van der Waals surface area contributed by atoms with Gasteiger partial charge in [-0.1, -0.05) is 0 Å². The van der Waals surface area contributed by atoms with Crippen molar-refractivity contribution in [3.8, 4) is 11.3 Å². The number of aryl methyl sites for hydroxylation is 1. The van der Waals surface area contributed by atoms with Gasteiger partial charge in [0.05, 0.1) is 22.5 Å². The van der Waals surface area contributed by atoms with Crippen LogP contribution in [0.1, 0.15) is 23.1 Å². The molecule has 31 heavy (non-hydrogen) atoms. The van der Waals surface area contributed by atoms with Gasteiger partial charge in [0.15, 0.2) is 15.1 Å². The third kappa shape index (κ3) is 4.59. The summed E-state index contributed by atoms with van der Waals surface area (Å²) in [7, 11) is -2.22. The fourth-order valence-corrected chi connectivity index (χ4v) is 5.70. The van der Waals surface area contributed by atoms with Gasteiger partial charge in [-0.25, -0.2) is 17.8 Å². The summed E-state index contributed by atoms with van der Waals surface area (Å²) in [5, 5.41) is 7.53. The quantitative estimate of drug-likeness (QED) is 0.543. The molecule has 1 aliphatic rings. The number of nitrogens with one attached hydrogen (secondary N) is 2. The van der Waals surface area contributed by atoms with E-state index in [-0.39, 0.29) is 29.0 Å². The van der Waals surface area contributed by atoms with Gasteiger partial charge in [0.25, 0.3) is 0 Å². The molecule has 0 radical (unpaired) electrons. The van der Waals surface area contributed by atoms with Crippen LogP contribution < -0.4 is 10.6 Å². The Morgan fingerprint density at radius 1 is 1.35 bits per heavy atom. The largest absolute Gasteiger partial charge is 0.352 e. The number of carbonyl (C=O) groups is 2. The van der Waals surface area contributed by atoms with E-state index in [9.17, 15) is 22.4 Å². The van der Waals surface area contributed by atoms with E-state index < -0.39 is 26.8 Å². The number of benzene rings is 1. The Labute approximate surface area is 181 Å². The highest BCUT2D eigenvalue weighted by atomic mass is 32.2. The minimum absolute atomic E-state index is 0.0131. The van der Waals surface area contributed by atoms with Gasteiger partial charge >= 0.3 is 0 Å². The van der Waals surface area contributed by atoms with Gasteiger partial charge in [-0.15, -0.1) is 11.3 Å². The molecule has 1 aliphatic carbocycles. The molecule has 2 N–H and O–H groups in total. The normalized spacial score (nSPS) is 15.1. The van der Waals surface area contributed by atoms with Crippen molar-refractivity contribution in [1.29, 1.82) is 0 Å². The summed E-state index contributed by atoms with van der Waals surface area (Å²) in [5.41, 5.74) is 1.09. The van der Waals surface area contributed by atoms with E-state index in [4.69, 9.17) is 0 Å². The average molecular weight is 466 g/mol. The molecule has 0 aliphatic heterocycles. The van der Waals surface area contributed by atoms with Crippen LogP contribution in [0.4, 0.5) is 4.39 Å². The summed E-state index contributed by atoms with van der Waals surface area (Å²) in [4.78, 5) is 28.7. The molecule has 12 heteroatoms. The predicted molar refractivity (Wildman–Crippen MR) is 114 cm³/mol. The van der Waals surface area contributed by atoms with Crippen LogP contribution >= 0.6 is 11.3 Å². The van der Waals surface area contributed by atoms with Crippen molar-refractivity contribution in [1.82, 2.24) is 25.4 Å². The molecule has 0 bridgehead atoms. The van der Waals surface area contributed by atoms with Crippen LogP contribution in [0, 0.1) is 5.82 Å². The van der Waals surface area contributed by atoms with Crippen molar-refractivity contribution in [2.75, 3.05) is 12.8 Å². The van der Waals surface area contributed by atoms with Crippen LogP contribution in [-0.2, 0) is 26.5 Å². The Morgan fingerprint density at radius 3 is 2.71 bits per heavy atom. The summed E-state index contributed by atoms with van der Waals surface area (Å²) in [6.45, 7) is -0.328. The van der Waals surface area contributed by atoms with Gasteiger partial charge in [-0.3, -0.25) is 14.3 Å². The SMILES string of the molecule is Cn1nccc1-c1cc2sc(C(C(=O)NCC(=O)NC3CC3)S(C)(=O)=O)nc2cc1F. The third-order valence-corrected chi connectivity index (χ3v) is 7.37. The number of rotatable bonds is 7. The molecule has 3 aromatic rings. The van der Waals surface area contributed by atoms with Crippen molar-refractivity contribution in [3.63, 3.8) is 0 Å². The fourth-order valence-electron chi connectivity index (χ4n) is 3.17. The summed E-state index contributed by atoms with van der Waals surface area (Å²) < 4.78 is 41.4. The Morgan fingerprint density at radius 2 is 2.10 bits per heavy atom. The molecule has 2 heterocycles. The third-order valence-electron chi connectivity index (χ3n) is 4.85. The van der Waals surface area contributed by atoms with Gasteiger partial charge in [-0.2, -0.15) is 5.10 Å². The number of hydrogen-bond donors (Lipinski definition) is 2. The van der Waals surface area contributed by atoms with Crippen LogP contribution in [0.5, 0.6) is 0 Å². The molecule has 0 saturated heterocycles. The lowest BCUT2D eigenvalue weighted by Gasteiger charge is -2.12. The average Bonchev–Trinajstić information content (AvgIpc) is 3.24. The highest BCUT2D eigenvalue weighted by Crippen LogP contribution is 2.34. The number of carbonyl (C=O) groups excluding carboxylic acids is 2. The minimum Gasteiger partial charge on any atom is -0.352 e. The van der Waals surface area contributed by atoms with Gasteiger partial charge in [0.1, 0.15) is 10.8 Å². The highest BCUT2D eigenvalue weighted by molar-refractivity contribution is 7.91. The first-order valence-corrected chi connectivity index (χ1v) is 12.2. The lowest BCUT2D eigenvalue weighted by atomic mass is 10.1. The van der Waals surface area contributed by atoms with E-state index in [1.807, 2.05) is 0 Å². The van der Waals surface area contributed by atoms with Crippen LogP contribution in [0.25, 0.3) is 21.5 Å². The summed E-state index contributed by atoms with van der Waals surface area (Å²) in [5.74, 6) is -1.76. The molecule has 1 atom stereocenters. The van der Waals surface area contributed by atoms with E-state index in [1.54, 1.807) is 25.4 Å². The number of hydrogen-bond acceptors (Lipinski definition) is 7. The topological polar surface area (TPSA) is 123 Å². The maximum absolute atomic E-state index is 14.7. The van der Waals surface area contributed by atoms with Gasteiger partial charge < -0.3 is 10.6 Å². The lowest BCUT2D eigenvalue weighted by Crippen LogP contribution is -2.41. The minimum atomic E-state index is -3.90. The van der Waals surface area contributed by atoms with Crippen LogP contribution in [0.3, 0.4) is 0 Å². The van der Waals surface area contributed by atoms with Crippen molar-refractivity contribution in [2.24, 2.45) is 7.05 Å². The maximum atomic E-state index is 14.7. The molecule has 4 rings (SSSR count). The molecule has 2 amide bonds. The van der Waals surface area contributed by atoms with Gasteiger partial charge in [-0.05, 0) is 25.0 Å². The highest BCUT2D eigenvalue weighted by Gasteiger charge is 2.34. The number of sulfone groups is 1. The molecule has 1 saturated carbocycles. The maximum Gasteiger partial charge on any atom is 0.245 e. The number of halogens is 1. The number of thiazole rings is 1. The van der Waals surface area contributed by atoms with E-state index in [0.717, 1.165) is 30.4 Å². The number of nitrogens with zero attached hydrogens (tertiary/aromatic N) is 3. The summed E-state index contributed by atoms with van der Waals surface area (Å²) in [6.07, 6.45) is 4.26. The zero-order valence-corrected chi connectivity index (χ0v) is 18.4. The van der Waals surface area contributed by atoms with E-state index in [1.165, 1.54) is 10.7 Å². The van der Waals surface area contributed by atoms with Crippen molar-refractivity contribution in [2.45, 2.75) is 24.1 Å². The second kappa shape index (κ2) is 8.00. The fraction of sp³-hybridized carbons (Fsp3) is 0.368. The van der Waals surface area contributed by atoms with E-state index in [2.05, 4.69) is 20.7 Å². The predicted octanol–water partition coefficient (Wildman–Crippen LogP) is 1.32. The molecule has 2 aromatic heterocycles. The number of fused-ring (bicyclic) bond motifs is 1. The molecular formula is C19H20FN5O4S2. The second-order valence-corrected chi connectivity index (χ2v) is 10.7. The first-order valence-electron chi connectivity index (χ1n) is 9.48. The molecule has 1 unspecified atom stereocenters. The molecule has 0 spiro atoms. The molecular weight excluding hydrogens is 445 g/mol. The molecule has 164 valence electrons. The number of aromatic nitrogens is 3. The van der Waals surface area contributed by atoms with Gasteiger partial charge in [0, 0.05) is 37.2 Å². The number of amides is 2. The van der Waals surface area contributed by atoms with Crippen LogP contribution in [-0.4, -0.2) is 53.8 Å². The Bertz CT molecular complexity index is 1280. The monoisotopic (exact) mass is 465 g/mol. The van der Waals surface area contributed by atoms with Gasteiger partial charge in [0.2, 0.25) is 11.8 Å². The van der Waals surface area contributed by atoms with E-state index in [0.29, 0.717) is 16.0 Å². The van der Waals surface area contributed by atoms with Crippen LogP contribution in [0.2, 0.25) is 0 Å². The smallest absolute Gasteiger partial charge is 0.245 e.